The predicted molar refractivity (Wildman–Crippen MR) is 104 cm³/mol. The van der Waals surface area contributed by atoms with Crippen molar-refractivity contribution in [2.75, 3.05) is 19.6 Å². The first-order valence-electron chi connectivity index (χ1n) is 9.86. The van der Waals surface area contributed by atoms with Crippen LogP contribution in [0.15, 0.2) is 33.9 Å². The molecule has 144 valence electrons. The van der Waals surface area contributed by atoms with E-state index in [-0.39, 0.29) is 12.5 Å². The Morgan fingerprint density at radius 2 is 1.93 bits per heavy atom. The van der Waals surface area contributed by atoms with E-state index in [1.54, 1.807) is 24.3 Å². The Morgan fingerprint density at radius 1 is 1.11 bits per heavy atom. The maximum absolute atomic E-state index is 12.5. The summed E-state index contributed by atoms with van der Waals surface area (Å²) < 4.78 is 0.978. The zero-order valence-electron chi connectivity index (χ0n) is 15.4. The second kappa shape index (κ2) is 7.68. The number of aromatic amines is 1. The lowest BCUT2D eigenvalue weighted by Crippen LogP contribution is -2.51. The molecule has 4 rings (SSSR count). The van der Waals surface area contributed by atoms with Crippen molar-refractivity contribution in [2.24, 2.45) is 5.92 Å². The molecule has 2 aromatic rings. The maximum atomic E-state index is 12.5. The largest absolute Gasteiger partial charge is 0.354 e. The number of hydrogen-bond acceptors (Lipinski definition) is 4. The quantitative estimate of drug-likeness (QED) is 0.843. The van der Waals surface area contributed by atoms with Crippen molar-refractivity contribution in [1.82, 2.24) is 19.8 Å². The van der Waals surface area contributed by atoms with E-state index in [0.717, 1.165) is 24.1 Å². The molecule has 2 unspecified atom stereocenters. The molecule has 2 saturated heterocycles. The molecule has 1 aromatic heterocycles. The Labute approximate surface area is 157 Å². The molecule has 2 atom stereocenters. The molecular weight excluding hydrogens is 344 g/mol. The van der Waals surface area contributed by atoms with E-state index in [1.807, 2.05) is 0 Å². The molecule has 1 amide bonds. The topological polar surface area (TPSA) is 87.2 Å². The van der Waals surface area contributed by atoms with Crippen molar-refractivity contribution < 1.29 is 4.79 Å². The Balaban J connectivity index is 1.43. The summed E-state index contributed by atoms with van der Waals surface area (Å²) in [6.45, 7) is 2.69. The third-order valence-electron chi connectivity index (χ3n) is 5.98. The van der Waals surface area contributed by atoms with Gasteiger partial charge in [-0.15, -0.1) is 0 Å². The van der Waals surface area contributed by atoms with Crippen LogP contribution in [0.4, 0.5) is 0 Å². The number of amides is 1. The minimum absolute atomic E-state index is 0.250. The van der Waals surface area contributed by atoms with Gasteiger partial charge in [-0.3, -0.25) is 14.2 Å². The van der Waals surface area contributed by atoms with Crippen molar-refractivity contribution in [3.8, 4) is 0 Å². The number of benzene rings is 1. The van der Waals surface area contributed by atoms with Crippen molar-refractivity contribution >= 4 is 16.8 Å². The predicted octanol–water partition coefficient (Wildman–Crippen LogP) is 1.07. The van der Waals surface area contributed by atoms with Crippen molar-refractivity contribution in [3.05, 3.63) is 45.1 Å². The van der Waals surface area contributed by atoms with Crippen molar-refractivity contribution in [1.29, 1.82) is 0 Å². The summed E-state index contributed by atoms with van der Waals surface area (Å²) in [7, 11) is 0. The molecule has 0 spiro atoms. The normalized spacial score (nSPS) is 23.1. The molecule has 27 heavy (non-hydrogen) atoms. The molecule has 7 heteroatoms. The van der Waals surface area contributed by atoms with Crippen LogP contribution >= 0.6 is 0 Å². The minimum atomic E-state index is -0.551. The van der Waals surface area contributed by atoms with Gasteiger partial charge in [0.05, 0.1) is 10.9 Å². The molecule has 3 heterocycles. The van der Waals surface area contributed by atoms with Crippen LogP contribution in [0.1, 0.15) is 32.1 Å². The van der Waals surface area contributed by atoms with E-state index >= 15 is 0 Å². The molecular formula is C20H26N4O3. The van der Waals surface area contributed by atoms with Gasteiger partial charge in [0.1, 0.15) is 6.54 Å². The van der Waals surface area contributed by atoms with E-state index in [0.29, 0.717) is 29.4 Å². The highest BCUT2D eigenvalue weighted by Gasteiger charge is 2.32. The fourth-order valence-corrected chi connectivity index (χ4v) is 4.60. The average Bonchev–Trinajstić information content (AvgIpc) is 2.69. The van der Waals surface area contributed by atoms with Gasteiger partial charge in [-0.05, 0) is 56.8 Å². The molecule has 2 aliphatic heterocycles. The maximum Gasteiger partial charge on any atom is 0.329 e. The standard InChI is InChI=1S/C20H26N4O3/c25-18(21-12-14-6-5-11-23-10-4-3-9-17(14)23)13-24-19(26)15-7-1-2-8-16(15)22-20(24)27/h1-2,7-8,14,17H,3-6,9-13H2,(H,21,25)(H,22,27). The summed E-state index contributed by atoms with van der Waals surface area (Å²) in [5.74, 6) is 0.167. The van der Waals surface area contributed by atoms with Gasteiger partial charge in [-0.2, -0.15) is 0 Å². The first-order valence-corrected chi connectivity index (χ1v) is 9.86. The molecule has 0 radical (unpaired) electrons. The lowest BCUT2D eigenvalue weighted by Gasteiger charge is -2.44. The van der Waals surface area contributed by atoms with Gasteiger partial charge in [0, 0.05) is 12.6 Å². The third-order valence-corrected chi connectivity index (χ3v) is 5.98. The van der Waals surface area contributed by atoms with Crippen LogP contribution in [0.2, 0.25) is 0 Å². The van der Waals surface area contributed by atoms with Crippen LogP contribution in [-0.2, 0) is 11.3 Å². The van der Waals surface area contributed by atoms with E-state index in [1.165, 1.54) is 25.7 Å². The Morgan fingerprint density at radius 3 is 2.81 bits per heavy atom. The second-order valence-corrected chi connectivity index (χ2v) is 7.67. The van der Waals surface area contributed by atoms with Gasteiger partial charge >= 0.3 is 5.69 Å². The number of para-hydroxylation sites is 1. The Bertz CT molecular complexity index is 946. The number of nitrogens with one attached hydrogen (secondary N) is 2. The van der Waals surface area contributed by atoms with Crippen LogP contribution in [0, 0.1) is 5.92 Å². The molecule has 2 fully saturated rings. The van der Waals surface area contributed by atoms with E-state index < -0.39 is 11.2 Å². The van der Waals surface area contributed by atoms with Crippen LogP contribution in [0.3, 0.4) is 0 Å². The van der Waals surface area contributed by atoms with E-state index in [4.69, 9.17) is 0 Å². The summed E-state index contributed by atoms with van der Waals surface area (Å²) in [6, 6.07) is 7.39. The molecule has 2 N–H and O–H groups in total. The smallest absolute Gasteiger partial charge is 0.329 e. The van der Waals surface area contributed by atoms with Crippen molar-refractivity contribution in [3.63, 3.8) is 0 Å². The van der Waals surface area contributed by atoms with Crippen LogP contribution in [-0.4, -0.2) is 46.0 Å². The average molecular weight is 370 g/mol. The number of H-pyrrole nitrogens is 1. The lowest BCUT2D eigenvalue weighted by molar-refractivity contribution is -0.122. The monoisotopic (exact) mass is 370 g/mol. The Kier molecular flexibility index (Phi) is 5.11. The summed E-state index contributed by atoms with van der Waals surface area (Å²) >= 11 is 0. The van der Waals surface area contributed by atoms with Gasteiger partial charge in [0.15, 0.2) is 0 Å². The molecule has 7 nitrogen and oxygen atoms in total. The number of fused-ring (bicyclic) bond motifs is 2. The molecule has 0 saturated carbocycles. The fraction of sp³-hybridized carbons (Fsp3) is 0.550. The minimum Gasteiger partial charge on any atom is -0.354 e. The summed E-state index contributed by atoms with van der Waals surface area (Å²) in [6.07, 6.45) is 6.01. The van der Waals surface area contributed by atoms with Gasteiger partial charge in [0.25, 0.3) is 5.56 Å². The summed E-state index contributed by atoms with van der Waals surface area (Å²) in [4.78, 5) is 42.4. The number of piperidine rings is 2. The third kappa shape index (κ3) is 3.69. The molecule has 0 bridgehead atoms. The van der Waals surface area contributed by atoms with Gasteiger partial charge < -0.3 is 15.2 Å². The number of hydrogen-bond donors (Lipinski definition) is 2. The van der Waals surface area contributed by atoms with Gasteiger partial charge in [-0.25, -0.2) is 4.79 Å². The first-order chi connectivity index (χ1) is 13.1. The SMILES string of the molecule is O=C(Cn1c(=O)[nH]c2ccccc2c1=O)NCC1CCCN2CCCCC12. The van der Waals surface area contributed by atoms with Crippen LogP contribution < -0.4 is 16.6 Å². The van der Waals surface area contributed by atoms with Gasteiger partial charge in [-0.1, -0.05) is 18.6 Å². The van der Waals surface area contributed by atoms with Crippen molar-refractivity contribution in [2.45, 2.75) is 44.7 Å². The Hall–Kier alpha value is -2.41. The van der Waals surface area contributed by atoms with Gasteiger partial charge in [0.2, 0.25) is 5.91 Å². The number of rotatable bonds is 4. The highest BCUT2D eigenvalue weighted by atomic mass is 16.2. The van der Waals surface area contributed by atoms with Crippen LogP contribution in [0.25, 0.3) is 10.9 Å². The lowest BCUT2D eigenvalue weighted by atomic mass is 9.83. The number of aromatic nitrogens is 2. The molecule has 1 aromatic carbocycles. The highest BCUT2D eigenvalue weighted by Crippen LogP contribution is 2.30. The zero-order valence-corrected chi connectivity index (χ0v) is 15.4. The summed E-state index contributed by atoms with van der Waals surface area (Å²) in [5, 5.41) is 3.37. The first kappa shape index (κ1) is 18.0. The van der Waals surface area contributed by atoms with Crippen LogP contribution in [0.5, 0.6) is 0 Å². The molecule has 0 aliphatic carbocycles. The number of carbonyl (C=O) groups excluding carboxylic acids is 1. The molecule has 2 aliphatic rings. The zero-order chi connectivity index (χ0) is 18.8. The van der Waals surface area contributed by atoms with E-state index in [9.17, 15) is 14.4 Å². The second-order valence-electron chi connectivity index (χ2n) is 7.67. The van der Waals surface area contributed by atoms with E-state index in [2.05, 4.69) is 15.2 Å². The highest BCUT2D eigenvalue weighted by molar-refractivity contribution is 5.78. The fourth-order valence-electron chi connectivity index (χ4n) is 4.60. The summed E-state index contributed by atoms with van der Waals surface area (Å²) in [5.41, 5.74) is -0.491. The number of carbonyl (C=O) groups is 1. The number of nitrogens with zero attached hydrogens (tertiary/aromatic N) is 2.